The van der Waals surface area contributed by atoms with Crippen molar-refractivity contribution in [1.29, 1.82) is 0 Å². The predicted octanol–water partition coefficient (Wildman–Crippen LogP) is 5.04. The number of para-hydroxylation sites is 1. The molecule has 2 aromatic carbocycles. The molecule has 1 saturated heterocycles. The average molecular weight is 927 g/mol. The molecule has 0 aliphatic carbocycles. The topological polar surface area (TPSA) is 202 Å². The van der Waals surface area contributed by atoms with Crippen LogP contribution in [-0.2, 0) is 36.9 Å². The third-order valence-corrected chi connectivity index (χ3v) is 13.3. The quantitative estimate of drug-likeness (QED) is 0.122. The number of allylic oxidation sites excluding steroid dienone is 3. The highest BCUT2D eigenvalue weighted by molar-refractivity contribution is 5.91. The molecule has 12 atom stereocenters. The lowest BCUT2D eigenvalue weighted by Crippen LogP contribution is -2.63. The first-order valence-electron chi connectivity index (χ1n) is 23.4. The summed E-state index contributed by atoms with van der Waals surface area (Å²) in [5.41, 5.74) is 4.10. The van der Waals surface area contributed by atoms with Gasteiger partial charge in [0.2, 0.25) is 0 Å². The third-order valence-electron chi connectivity index (χ3n) is 13.3. The summed E-state index contributed by atoms with van der Waals surface area (Å²) < 4.78 is 26.1. The van der Waals surface area contributed by atoms with E-state index in [4.69, 9.17) is 18.9 Å². The normalized spacial score (nSPS) is 30.6. The lowest BCUT2D eigenvalue weighted by molar-refractivity contribution is -0.304. The number of rotatable bonds is 14. The van der Waals surface area contributed by atoms with Crippen molar-refractivity contribution in [2.75, 3.05) is 34.4 Å². The number of pyridine rings is 1. The van der Waals surface area contributed by atoms with Gasteiger partial charge in [0, 0.05) is 36.2 Å². The van der Waals surface area contributed by atoms with E-state index in [-0.39, 0.29) is 18.8 Å². The van der Waals surface area contributed by atoms with Crippen LogP contribution in [0.3, 0.4) is 0 Å². The third kappa shape index (κ3) is 13.4. The molecule has 0 unspecified atom stereocenters. The van der Waals surface area contributed by atoms with Crippen LogP contribution < -0.4 is 4.74 Å². The largest absolute Gasteiger partial charge is 0.497 e. The van der Waals surface area contributed by atoms with Crippen LogP contribution in [0.1, 0.15) is 71.6 Å². The molecule has 0 radical (unpaired) electrons. The number of carbonyl (C=O) groups is 2. The Labute approximate surface area is 394 Å². The highest BCUT2D eigenvalue weighted by Crippen LogP contribution is 2.35. The number of aromatic nitrogens is 4. The van der Waals surface area contributed by atoms with Crippen molar-refractivity contribution in [2.24, 2.45) is 23.7 Å². The molecule has 0 amide bonds. The highest BCUT2D eigenvalue weighted by Gasteiger charge is 2.47. The number of aliphatic hydroxyl groups excluding tert-OH is 4. The molecule has 4 heterocycles. The van der Waals surface area contributed by atoms with E-state index in [1.165, 1.54) is 6.08 Å². The maximum Gasteiger partial charge on any atom is 0.308 e. The van der Waals surface area contributed by atoms with E-state index in [9.17, 15) is 30.0 Å². The summed E-state index contributed by atoms with van der Waals surface area (Å²) in [7, 11) is 5.15. The predicted molar refractivity (Wildman–Crippen MR) is 253 cm³/mol. The smallest absolute Gasteiger partial charge is 0.308 e. The standard InChI is InChI=1S/C51H70N6O10/c1-9-45-38(30-58)22-31(2)14-19-43(59)32(3)23-37(50(33(4)44(60)25-46(61)66-45)67-51-49(63)47(55(6)7)48(62)34(5)65-51)20-21-56(27-35-15-17-41(64-8)18-16-35)28-39-29-57(54-53-39)40-24-36-12-10-11-13-42(36)52-26-40/h10-19,22,24,26,29,32-34,37-38,44-45,47-51,58,60,62-63H,9,20-21,23,25,27-28,30H2,1-8H3/b19-14+,31-22+/t32-,33+,34-,37+,38-,44-,45-,47+,48-,49-,50-,51+/m1/s1. The molecule has 67 heavy (non-hydrogen) atoms. The van der Waals surface area contributed by atoms with Gasteiger partial charge in [-0.1, -0.05) is 74.0 Å². The van der Waals surface area contributed by atoms with E-state index in [2.05, 4.69) is 20.2 Å². The Bertz CT molecular complexity index is 2280. The minimum atomic E-state index is -1.29. The summed E-state index contributed by atoms with van der Waals surface area (Å²) in [6.45, 7) is 10.1. The van der Waals surface area contributed by atoms with Crippen molar-refractivity contribution in [1.82, 2.24) is 29.8 Å². The molecule has 0 bridgehead atoms. The first-order valence-corrected chi connectivity index (χ1v) is 23.4. The number of fused-ring (bicyclic) bond motifs is 1. The maximum atomic E-state index is 14.0. The number of likely N-dealkylation sites (N-methyl/N-ethyl adjacent to an activating group) is 1. The zero-order chi connectivity index (χ0) is 48.4. The van der Waals surface area contributed by atoms with Gasteiger partial charge in [-0.25, -0.2) is 4.68 Å². The van der Waals surface area contributed by atoms with Crippen molar-refractivity contribution in [3.05, 3.63) is 102 Å². The second-order valence-electron chi connectivity index (χ2n) is 18.6. The van der Waals surface area contributed by atoms with Crippen molar-refractivity contribution in [3.63, 3.8) is 0 Å². The lowest BCUT2D eigenvalue weighted by atomic mass is 9.79. The zero-order valence-corrected chi connectivity index (χ0v) is 40.1. The summed E-state index contributed by atoms with van der Waals surface area (Å²) in [4.78, 5) is 36.2. The second kappa shape index (κ2) is 23.9. The van der Waals surface area contributed by atoms with Crippen molar-refractivity contribution < 1.29 is 49.0 Å². The van der Waals surface area contributed by atoms with E-state index in [0.29, 0.717) is 44.6 Å². The Kier molecular flexibility index (Phi) is 18.4. The number of carbonyl (C=O) groups excluding carboxylic acids is 2. The summed E-state index contributed by atoms with van der Waals surface area (Å²) in [5.74, 6) is -2.27. The van der Waals surface area contributed by atoms with Gasteiger partial charge in [-0.15, -0.1) is 5.10 Å². The van der Waals surface area contributed by atoms with Gasteiger partial charge in [0.05, 0.1) is 79.9 Å². The maximum absolute atomic E-state index is 14.0. The molecule has 6 rings (SSSR count). The van der Waals surface area contributed by atoms with E-state index in [1.54, 1.807) is 63.0 Å². The van der Waals surface area contributed by atoms with Crippen LogP contribution in [0.5, 0.6) is 5.75 Å². The van der Waals surface area contributed by atoms with E-state index in [0.717, 1.165) is 33.5 Å². The Balaban J connectivity index is 1.37. The van der Waals surface area contributed by atoms with Gasteiger partial charge in [-0.2, -0.15) is 0 Å². The molecule has 4 N–H and O–H groups in total. The van der Waals surface area contributed by atoms with E-state index >= 15 is 0 Å². The molecular weight excluding hydrogens is 857 g/mol. The fourth-order valence-corrected chi connectivity index (χ4v) is 9.32. The molecule has 0 spiro atoms. The number of hydrogen-bond acceptors (Lipinski definition) is 15. The summed E-state index contributed by atoms with van der Waals surface area (Å²) in [5, 5.41) is 55.1. The number of hydrogen-bond donors (Lipinski definition) is 4. The van der Waals surface area contributed by atoms with Gasteiger partial charge in [-0.3, -0.25) is 19.5 Å². The number of cyclic esters (lactones) is 1. The van der Waals surface area contributed by atoms with E-state index in [1.807, 2.05) is 81.6 Å². The van der Waals surface area contributed by atoms with Crippen LogP contribution in [0.15, 0.2) is 90.8 Å². The molecular formula is C51H70N6O10. The zero-order valence-electron chi connectivity index (χ0n) is 40.1. The molecule has 16 heteroatoms. The number of nitrogens with zero attached hydrogens (tertiary/aromatic N) is 6. The van der Waals surface area contributed by atoms with Crippen molar-refractivity contribution in [2.45, 2.75) is 122 Å². The minimum Gasteiger partial charge on any atom is -0.497 e. The molecule has 2 aromatic heterocycles. The molecule has 364 valence electrons. The number of benzene rings is 2. The van der Waals surface area contributed by atoms with Gasteiger partial charge in [0.1, 0.15) is 18.0 Å². The lowest BCUT2D eigenvalue weighted by Gasteiger charge is -2.46. The van der Waals surface area contributed by atoms with Gasteiger partial charge < -0.3 is 44.3 Å². The molecule has 2 aliphatic rings. The van der Waals surface area contributed by atoms with Crippen LogP contribution in [0, 0.1) is 23.7 Å². The number of esters is 1. The van der Waals surface area contributed by atoms with Gasteiger partial charge in [0.25, 0.3) is 0 Å². The highest BCUT2D eigenvalue weighted by atomic mass is 16.7. The fourth-order valence-electron chi connectivity index (χ4n) is 9.32. The summed E-state index contributed by atoms with van der Waals surface area (Å²) >= 11 is 0. The Hall–Kier alpha value is -4.91. The number of ether oxygens (including phenoxy) is 4. The summed E-state index contributed by atoms with van der Waals surface area (Å²) in [6, 6.07) is 17.0. The van der Waals surface area contributed by atoms with Gasteiger partial charge in [-0.05, 0) is 95.6 Å². The summed E-state index contributed by atoms with van der Waals surface area (Å²) in [6.07, 6.45) is 2.44. The van der Waals surface area contributed by atoms with Gasteiger partial charge in [0.15, 0.2) is 12.1 Å². The Morgan fingerprint density at radius 3 is 2.42 bits per heavy atom. The average Bonchev–Trinajstić information content (AvgIpc) is 3.79. The number of methoxy groups -OCH3 is 1. The molecule has 2 aliphatic heterocycles. The van der Waals surface area contributed by atoms with Crippen molar-refractivity contribution in [3.8, 4) is 11.4 Å². The van der Waals surface area contributed by atoms with Crippen LogP contribution in [0.25, 0.3) is 16.6 Å². The van der Waals surface area contributed by atoms with Crippen molar-refractivity contribution >= 4 is 22.7 Å². The molecule has 1 fully saturated rings. The monoisotopic (exact) mass is 927 g/mol. The van der Waals surface area contributed by atoms with E-state index < -0.39 is 78.6 Å². The van der Waals surface area contributed by atoms with Crippen LogP contribution in [0.4, 0.5) is 0 Å². The molecule has 4 aromatic rings. The molecule has 0 saturated carbocycles. The van der Waals surface area contributed by atoms with Crippen LogP contribution >= 0.6 is 0 Å². The second-order valence-corrected chi connectivity index (χ2v) is 18.6. The van der Waals surface area contributed by atoms with Gasteiger partial charge >= 0.3 is 5.97 Å². The minimum absolute atomic E-state index is 0.121. The fraction of sp³-hybridized carbons (Fsp3) is 0.549. The Morgan fingerprint density at radius 1 is 0.970 bits per heavy atom. The Morgan fingerprint density at radius 2 is 1.72 bits per heavy atom. The number of ketones is 1. The molecule has 16 nitrogen and oxygen atoms in total. The van der Waals surface area contributed by atoms with Crippen LogP contribution in [0.2, 0.25) is 0 Å². The SMILES string of the molecule is CC[C@H]1OC(=O)C[C@@H](O)[C@H](C)[C@@H](O[C@@H]2O[C@H](C)[C@@H](O)[C@H](N(C)C)[C@H]2O)[C@@H](CCN(Cc2ccc(OC)cc2)Cc2cn(-c3cnc4ccccc4c3)nn2)C[C@@H](C)C(=O)/C=C/C(C)=C/[C@@H]1CO. The number of aliphatic hydroxyl groups is 4. The first-order chi connectivity index (χ1) is 32.1. The first kappa shape index (κ1) is 51.5. The van der Waals surface area contributed by atoms with Crippen LogP contribution in [-0.4, -0.2) is 145 Å².